The zero-order chi connectivity index (χ0) is 28.9. The molecular formula is C33H41N3O5. The number of allylic oxidation sites excluding steroid dienone is 2. The number of hydrogen-bond donors (Lipinski definition) is 2. The molecule has 0 radical (unpaired) electrons. The van der Waals surface area contributed by atoms with Crippen molar-refractivity contribution in [3.63, 3.8) is 0 Å². The number of aromatic nitrogens is 2. The van der Waals surface area contributed by atoms with Gasteiger partial charge < -0.3 is 24.3 Å². The van der Waals surface area contributed by atoms with Gasteiger partial charge in [0.25, 0.3) is 0 Å². The Morgan fingerprint density at radius 2 is 2.02 bits per heavy atom. The van der Waals surface area contributed by atoms with Crippen LogP contribution in [0.2, 0.25) is 0 Å². The Kier molecular flexibility index (Phi) is 7.30. The second-order valence-corrected chi connectivity index (χ2v) is 12.7. The predicted molar refractivity (Wildman–Crippen MR) is 157 cm³/mol. The molecule has 1 aromatic carbocycles. The van der Waals surface area contributed by atoms with Gasteiger partial charge in [0.05, 0.1) is 48.9 Å². The molecule has 41 heavy (non-hydrogen) atoms. The minimum absolute atomic E-state index is 0.0271. The van der Waals surface area contributed by atoms with Gasteiger partial charge in [0.2, 0.25) is 0 Å². The molecule has 2 saturated carbocycles. The summed E-state index contributed by atoms with van der Waals surface area (Å²) in [4.78, 5) is 19.8. The number of morpholine rings is 1. The normalized spacial score (nSPS) is 35.7. The van der Waals surface area contributed by atoms with Crippen LogP contribution in [-0.2, 0) is 21.3 Å². The number of aryl methyl sites for hydroxylation is 1. The van der Waals surface area contributed by atoms with Crippen LogP contribution in [0.1, 0.15) is 38.7 Å². The van der Waals surface area contributed by atoms with E-state index in [-0.39, 0.29) is 35.9 Å². The number of carbonyl (C=O) groups excluding carboxylic acids is 1. The van der Waals surface area contributed by atoms with E-state index in [1.54, 1.807) is 12.4 Å². The molecule has 6 atom stereocenters. The Hall–Kier alpha value is -3.04. The molecular weight excluding hydrogens is 518 g/mol. The summed E-state index contributed by atoms with van der Waals surface area (Å²) in [6.07, 6.45) is 11.2. The number of nitrogens with zero attached hydrogens (tertiary/aromatic N) is 3. The highest BCUT2D eigenvalue weighted by molar-refractivity contribution is 5.96. The number of cyclic esters (lactones) is 1. The van der Waals surface area contributed by atoms with E-state index in [9.17, 15) is 15.0 Å². The van der Waals surface area contributed by atoms with Gasteiger partial charge in [-0.2, -0.15) is 0 Å². The van der Waals surface area contributed by atoms with Crippen LogP contribution in [0.15, 0.2) is 66.2 Å². The summed E-state index contributed by atoms with van der Waals surface area (Å²) in [7, 11) is 1.96. The molecule has 2 aliphatic carbocycles. The molecule has 3 unspecified atom stereocenters. The van der Waals surface area contributed by atoms with Gasteiger partial charge in [-0.15, -0.1) is 0 Å². The number of hydrogen-bond acceptors (Lipinski definition) is 7. The summed E-state index contributed by atoms with van der Waals surface area (Å²) in [5.74, 6) is 0.175. The van der Waals surface area contributed by atoms with Crippen LogP contribution in [0.5, 0.6) is 0 Å². The minimum Gasteiger partial charge on any atom is -0.423 e. The summed E-state index contributed by atoms with van der Waals surface area (Å²) in [6.45, 7) is 11.9. The van der Waals surface area contributed by atoms with E-state index in [0.29, 0.717) is 31.0 Å². The zero-order valence-electron chi connectivity index (χ0n) is 24.3. The molecule has 1 saturated heterocycles. The lowest BCUT2D eigenvalue weighted by Crippen LogP contribution is -2.61. The first kappa shape index (κ1) is 28.1. The van der Waals surface area contributed by atoms with Crippen molar-refractivity contribution in [3.8, 4) is 0 Å². The Morgan fingerprint density at radius 3 is 2.78 bits per heavy atom. The van der Waals surface area contributed by atoms with Gasteiger partial charge in [-0.05, 0) is 60.4 Å². The first-order chi connectivity index (χ1) is 19.6. The van der Waals surface area contributed by atoms with E-state index in [0.717, 1.165) is 48.1 Å². The quantitative estimate of drug-likeness (QED) is 0.422. The molecule has 8 nitrogen and oxygen atoms in total. The lowest BCUT2D eigenvalue weighted by atomic mass is 9.45. The van der Waals surface area contributed by atoms with Crippen LogP contribution in [0.25, 0.3) is 17.1 Å². The van der Waals surface area contributed by atoms with Crippen molar-refractivity contribution in [1.29, 1.82) is 0 Å². The first-order valence-corrected chi connectivity index (χ1v) is 14.7. The van der Waals surface area contributed by atoms with E-state index in [2.05, 4.69) is 29.5 Å². The average molecular weight is 560 g/mol. The van der Waals surface area contributed by atoms with Gasteiger partial charge in [-0.1, -0.05) is 44.2 Å². The molecule has 0 amide bonds. The van der Waals surface area contributed by atoms with Gasteiger partial charge in [0.1, 0.15) is 5.76 Å². The van der Waals surface area contributed by atoms with Gasteiger partial charge in [-0.25, -0.2) is 9.78 Å². The maximum atomic E-state index is 12.9. The summed E-state index contributed by atoms with van der Waals surface area (Å²) in [5, 5.41) is 21.6. The monoisotopic (exact) mass is 559 g/mol. The smallest absolute Gasteiger partial charge is 0.343 e. The van der Waals surface area contributed by atoms with Crippen molar-refractivity contribution in [2.75, 3.05) is 32.9 Å². The SMILES string of the molecule is C=C1C(N2CCOCC2)CC2[C@](C)(CC[C@@H](O)[C@@]2(C)CO)C1/C=C/C1=CC(=C\c2ccc3c(c2)ncn3C)/OC1=O. The van der Waals surface area contributed by atoms with Crippen molar-refractivity contribution < 1.29 is 24.5 Å². The van der Waals surface area contributed by atoms with Crippen molar-refractivity contribution in [3.05, 3.63) is 71.8 Å². The molecule has 2 aromatic rings. The summed E-state index contributed by atoms with van der Waals surface area (Å²) in [5.41, 5.74) is 3.64. The van der Waals surface area contributed by atoms with Gasteiger partial charge in [0.15, 0.2) is 0 Å². The van der Waals surface area contributed by atoms with Crippen LogP contribution < -0.4 is 0 Å². The third-order valence-electron chi connectivity index (χ3n) is 10.4. The predicted octanol–water partition coefficient (Wildman–Crippen LogP) is 4.01. The second-order valence-electron chi connectivity index (χ2n) is 12.7. The number of fused-ring (bicyclic) bond motifs is 2. The van der Waals surface area contributed by atoms with E-state index >= 15 is 0 Å². The minimum atomic E-state index is -0.611. The van der Waals surface area contributed by atoms with Crippen LogP contribution in [-0.4, -0.2) is 75.7 Å². The van der Waals surface area contributed by atoms with E-state index in [1.165, 1.54) is 0 Å². The molecule has 0 spiro atoms. The fraction of sp³-hybridized carbons (Fsp3) is 0.515. The molecule has 3 heterocycles. The Morgan fingerprint density at radius 1 is 1.24 bits per heavy atom. The lowest BCUT2D eigenvalue weighted by Gasteiger charge is -2.62. The average Bonchev–Trinajstić information content (AvgIpc) is 3.51. The Labute approximate surface area is 241 Å². The number of imidazole rings is 1. The van der Waals surface area contributed by atoms with Crippen molar-refractivity contribution in [2.45, 2.75) is 45.3 Å². The summed E-state index contributed by atoms with van der Waals surface area (Å²) < 4.78 is 13.2. The van der Waals surface area contributed by atoms with Gasteiger partial charge in [0, 0.05) is 37.5 Å². The van der Waals surface area contributed by atoms with Gasteiger partial charge in [-0.3, -0.25) is 4.90 Å². The second kappa shape index (κ2) is 10.7. The lowest BCUT2D eigenvalue weighted by molar-refractivity contribution is -0.156. The maximum absolute atomic E-state index is 12.9. The maximum Gasteiger partial charge on any atom is 0.343 e. The van der Waals surface area contributed by atoms with Crippen molar-refractivity contribution in [2.24, 2.45) is 29.7 Å². The molecule has 0 bridgehead atoms. The Balaban J connectivity index is 1.31. The van der Waals surface area contributed by atoms with Crippen LogP contribution >= 0.6 is 0 Å². The van der Waals surface area contributed by atoms with E-state index in [4.69, 9.17) is 9.47 Å². The largest absolute Gasteiger partial charge is 0.423 e. The highest BCUT2D eigenvalue weighted by atomic mass is 16.5. The number of aliphatic hydroxyl groups excluding tert-OH is 2. The third-order valence-corrected chi connectivity index (χ3v) is 10.4. The topological polar surface area (TPSA) is 97.1 Å². The molecule has 8 heteroatoms. The summed E-state index contributed by atoms with van der Waals surface area (Å²) in [6, 6.07) is 6.09. The van der Waals surface area contributed by atoms with E-state index in [1.807, 2.05) is 48.9 Å². The third kappa shape index (κ3) is 4.80. The first-order valence-electron chi connectivity index (χ1n) is 14.7. The molecule has 1 aromatic heterocycles. The standard InChI is InChI=1S/C33H41N3O5/c1-21-25(7-6-23-17-24(41-31(23)39)15-22-5-8-27-26(16-22)34-20-35(27)4)32(2)10-9-30(38)33(3,19-37)29(32)18-28(21)36-11-13-40-14-12-36/h5-8,15-17,20,25,28-30,37-38H,1,9-14,18-19H2,2-4H3/b7-6+,24-15+/t25?,28?,29?,30-,32-,33+/m1/s1. The van der Waals surface area contributed by atoms with Crippen LogP contribution in [0.4, 0.5) is 0 Å². The fourth-order valence-electron chi connectivity index (χ4n) is 7.89. The highest BCUT2D eigenvalue weighted by Gasteiger charge is 2.59. The van der Waals surface area contributed by atoms with Crippen LogP contribution in [0, 0.1) is 22.7 Å². The molecule has 4 aliphatic rings. The number of benzene rings is 1. The van der Waals surface area contributed by atoms with Crippen LogP contribution in [0.3, 0.4) is 0 Å². The van der Waals surface area contributed by atoms with E-state index < -0.39 is 11.5 Å². The molecule has 2 N–H and O–H groups in total. The van der Waals surface area contributed by atoms with Gasteiger partial charge >= 0.3 is 5.97 Å². The highest BCUT2D eigenvalue weighted by Crippen LogP contribution is 2.61. The van der Waals surface area contributed by atoms with Crippen molar-refractivity contribution >= 4 is 23.1 Å². The number of ether oxygens (including phenoxy) is 2. The molecule has 218 valence electrons. The van der Waals surface area contributed by atoms with Crippen molar-refractivity contribution in [1.82, 2.24) is 14.5 Å². The Bertz CT molecular complexity index is 1450. The fourth-order valence-corrected chi connectivity index (χ4v) is 7.89. The molecule has 6 rings (SSSR count). The molecule has 3 fully saturated rings. The number of rotatable bonds is 5. The molecule has 2 aliphatic heterocycles. The number of esters is 1. The number of carbonyl (C=O) groups is 1. The number of aliphatic hydroxyl groups is 2. The zero-order valence-corrected chi connectivity index (χ0v) is 24.3. The summed E-state index contributed by atoms with van der Waals surface area (Å²) >= 11 is 0.